The molecule has 1 aromatic rings. The van der Waals surface area contributed by atoms with Gasteiger partial charge >= 0.3 is 6.09 Å². The van der Waals surface area contributed by atoms with Gasteiger partial charge in [-0.15, -0.1) is 0 Å². The summed E-state index contributed by atoms with van der Waals surface area (Å²) in [6.45, 7) is 8.71. The van der Waals surface area contributed by atoms with Crippen LogP contribution in [-0.2, 0) is 9.53 Å². The summed E-state index contributed by atoms with van der Waals surface area (Å²) in [6.07, 6.45) is 2.35. The summed E-state index contributed by atoms with van der Waals surface area (Å²) < 4.78 is 10.2. The smallest absolute Gasteiger partial charge is 0.410 e. The molecule has 1 fully saturated rings. The van der Waals surface area contributed by atoms with E-state index in [1.807, 2.05) is 20.8 Å². The van der Waals surface area contributed by atoms with Gasteiger partial charge in [0, 0.05) is 26.2 Å². The molecule has 25 heavy (non-hydrogen) atoms. The van der Waals surface area contributed by atoms with Gasteiger partial charge in [0.15, 0.2) is 0 Å². The molecular formula is C17H25N3O5. The van der Waals surface area contributed by atoms with Gasteiger partial charge in [0.2, 0.25) is 5.91 Å². The van der Waals surface area contributed by atoms with E-state index in [9.17, 15) is 14.4 Å². The van der Waals surface area contributed by atoms with Crippen molar-refractivity contribution >= 4 is 17.9 Å². The van der Waals surface area contributed by atoms with E-state index in [4.69, 9.17) is 9.15 Å². The molecule has 1 aliphatic heterocycles. The number of nitrogens with one attached hydrogen (secondary N) is 1. The average molecular weight is 351 g/mol. The Balaban J connectivity index is 1.82. The van der Waals surface area contributed by atoms with E-state index in [1.165, 1.54) is 18.6 Å². The Morgan fingerprint density at radius 2 is 1.76 bits per heavy atom. The van der Waals surface area contributed by atoms with Gasteiger partial charge in [-0.25, -0.2) is 4.79 Å². The molecule has 1 aromatic heterocycles. The summed E-state index contributed by atoms with van der Waals surface area (Å²) in [5.74, 6) is -0.539. The maximum atomic E-state index is 12.5. The Labute approximate surface area is 147 Å². The molecule has 2 heterocycles. The largest absolute Gasteiger partial charge is 0.472 e. The van der Waals surface area contributed by atoms with Gasteiger partial charge in [-0.05, 0) is 33.8 Å². The minimum Gasteiger partial charge on any atom is -0.472 e. The first-order valence-electron chi connectivity index (χ1n) is 8.27. The number of furan rings is 1. The Kier molecular flexibility index (Phi) is 5.71. The number of piperazine rings is 1. The summed E-state index contributed by atoms with van der Waals surface area (Å²) >= 11 is 0. The van der Waals surface area contributed by atoms with E-state index in [2.05, 4.69) is 5.32 Å². The number of hydrogen-bond acceptors (Lipinski definition) is 5. The van der Waals surface area contributed by atoms with Crippen molar-refractivity contribution in [1.29, 1.82) is 0 Å². The zero-order valence-electron chi connectivity index (χ0n) is 15.1. The molecule has 1 atom stereocenters. The van der Waals surface area contributed by atoms with Crippen LogP contribution in [0.4, 0.5) is 4.79 Å². The van der Waals surface area contributed by atoms with Crippen molar-refractivity contribution < 1.29 is 23.5 Å². The second-order valence-electron chi connectivity index (χ2n) is 7.00. The molecule has 1 N–H and O–H groups in total. The fourth-order valence-electron chi connectivity index (χ4n) is 2.45. The van der Waals surface area contributed by atoms with Gasteiger partial charge in [0.25, 0.3) is 5.91 Å². The number of carbonyl (C=O) groups excluding carboxylic acids is 3. The SMILES string of the molecule is C[C@H](NC(=O)c1ccoc1)C(=O)N1CCN(C(=O)OC(C)(C)C)CC1. The van der Waals surface area contributed by atoms with E-state index in [0.29, 0.717) is 31.7 Å². The first-order chi connectivity index (χ1) is 11.7. The van der Waals surface area contributed by atoms with E-state index in [0.717, 1.165) is 0 Å². The molecule has 1 saturated heterocycles. The minimum absolute atomic E-state index is 0.180. The van der Waals surface area contributed by atoms with Crippen molar-refractivity contribution in [3.8, 4) is 0 Å². The molecule has 0 saturated carbocycles. The molecule has 8 nitrogen and oxygen atoms in total. The lowest BCUT2D eigenvalue weighted by Gasteiger charge is -2.36. The predicted molar refractivity (Wildman–Crippen MR) is 90.0 cm³/mol. The molecule has 8 heteroatoms. The molecule has 0 aliphatic carbocycles. The molecule has 0 spiro atoms. The maximum Gasteiger partial charge on any atom is 0.410 e. The van der Waals surface area contributed by atoms with E-state index < -0.39 is 11.6 Å². The van der Waals surface area contributed by atoms with Crippen LogP contribution >= 0.6 is 0 Å². The van der Waals surface area contributed by atoms with Crippen LogP contribution in [0.15, 0.2) is 23.0 Å². The van der Waals surface area contributed by atoms with Crippen LogP contribution in [-0.4, -0.2) is 65.5 Å². The van der Waals surface area contributed by atoms with Crippen molar-refractivity contribution in [1.82, 2.24) is 15.1 Å². The quantitative estimate of drug-likeness (QED) is 0.890. The zero-order chi connectivity index (χ0) is 18.6. The second kappa shape index (κ2) is 7.58. The van der Waals surface area contributed by atoms with Gasteiger partial charge < -0.3 is 24.3 Å². The third kappa shape index (κ3) is 5.23. The molecule has 1 aliphatic rings. The maximum absolute atomic E-state index is 12.5. The third-order valence-corrected chi connectivity index (χ3v) is 3.74. The zero-order valence-corrected chi connectivity index (χ0v) is 15.1. The van der Waals surface area contributed by atoms with Crippen molar-refractivity contribution in [3.05, 3.63) is 24.2 Å². The number of rotatable bonds is 3. The normalized spacial score (nSPS) is 16.3. The van der Waals surface area contributed by atoms with Gasteiger partial charge in [-0.3, -0.25) is 9.59 Å². The van der Waals surface area contributed by atoms with E-state index in [1.54, 1.807) is 16.7 Å². The molecular weight excluding hydrogens is 326 g/mol. The molecule has 0 unspecified atom stereocenters. The highest BCUT2D eigenvalue weighted by Crippen LogP contribution is 2.12. The number of amides is 3. The lowest BCUT2D eigenvalue weighted by Crippen LogP contribution is -2.55. The fourth-order valence-corrected chi connectivity index (χ4v) is 2.45. The van der Waals surface area contributed by atoms with Crippen molar-refractivity contribution in [2.45, 2.75) is 39.3 Å². The number of ether oxygens (including phenoxy) is 1. The summed E-state index contributed by atoms with van der Waals surface area (Å²) in [6, 6.07) is 0.877. The van der Waals surface area contributed by atoms with Crippen LogP contribution < -0.4 is 5.32 Å². The topological polar surface area (TPSA) is 92.1 Å². The Hall–Kier alpha value is -2.51. The van der Waals surface area contributed by atoms with Crippen molar-refractivity contribution in [2.24, 2.45) is 0 Å². The third-order valence-electron chi connectivity index (χ3n) is 3.74. The lowest BCUT2D eigenvalue weighted by molar-refractivity contribution is -0.134. The van der Waals surface area contributed by atoms with Gasteiger partial charge in [-0.2, -0.15) is 0 Å². The number of nitrogens with zero attached hydrogens (tertiary/aromatic N) is 2. The summed E-state index contributed by atoms with van der Waals surface area (Å²) in [4.78, 5) is 39.7. The molecule has 138 valence electrons. The number of hydrogen-bond donors (Lipinski definition) is 1. The van der Waals surface area contributed by atoms with Crippen LogP contribution in [0.25, 0.3) is 0 Å². The van der Waals surface area contributed by atoms with Crippen LogP contribution in [0, 0.1) is 0 Å². The van der Waals surface area contributed by atoms with E-state index >= 15 is 0 Å². The summed E-state index contributed by atoms with van der Waals surface area (Å²) in [5, 5.41) is 2.65. The molecule has 0 bridgehead atoms. The fraction of sp³-hybridized carbons (Fsp3) is 0.588. The monoisotopic (exact) mass is 351 g/mol. The van der Waals surface area contributed by atoms with Gasteiger partial charge in [-0.1, -0.05) is 0 Å². The summed E-state index contributed by atoms with van der Waals surface area (Å²) in [5.41, 5.74) is -0.176. The van der Waals surface area contributed by atoms with Gasteiger partial charge in [0.1, 0.15) is 17.9 Å². The standard InChI is InChI=1S/C17H25N3O5/c1-12(18-14(21)13-5-10-24-11-13)15(22)19-6-8-20(9-7-19)16(23)25-17(2,3)4/h5,10-12H,6-9H2,1-4H3,(H,18,21)/t12-/m0/s1. The average Bonchev–Trinajstić information content (AvgIpc) is 3.07. The van der Waals surface area contributed by atoms with Gasteiger partial charge in [0.05, 0.1) is 11.8 Å². The highest BCUT2D eigenvalue weighted by Gasteiger charge is 2.30. The molecule has 3 amide bonds. The van der Waals surface area contributed by atoms with Crippen LogP contribution in [0.5, 0.6) is 0 Å². The number of carbonyl (C=O) groups is 3. The Morgan fingerprint density at radius 1 is 1.16 bits per heavy atom. The summed E-state index contributed by atoms with van der Waals surface area (Å²) in [7, 11) is 0. The van der Waals surface area contributed by atoms with Crippen molar-refractivity contribution in [2.75, 3.05) is 26.2 Å². The van der Waals surface area contributed by atoms with Crippen LogP contribution in [0.3, 0.4) is 0 Å². The Morgan fingerprint density at radius 3 is 2.28 bits per heavy atom. The second-order valence-corrected chi connectivity index (χ2v) is 7.00. The molecule has 0 radical (unpaired) electrons. The Bertz CT molecular complexity index is 613. The predicted octanol–water partition coefficient (Wildman–Crippen LogP) is 1.48. The lowest BCUT2D eigenvalue weighted by atomic mass is 10.2. The molecule has 0 aromatic carbocycles. The first kappa shape index (κ1) is 18.8. The first-order valence-corrected chi connectivity index (χ1v) is 8.27. The van der Waals surface area contributed by atoms with Crippen LogP contribution in [0.2, 0.25) is 0 Å². The highest BCUT2D eigenvalue weighted by atomic mass is 16.6. The van der Waals surface area contributed by atoms with E-state index in [-0.39, 0.29) is 17.9 Å². The highest BCUT2D eigenvalue weighted by molar-refractivity contribution is 5.97. The minimum atomic E-state index is -0.657. The van der Waals surface area contributed by atoms with Crippen LogP contribution in [0.1, 0.15) is 38.1 Å². The van der Waals surface area contributed by atoms with Crippen molar-refractivity contribution in [3.63, 3.8) is 0 Å². The molecule has 2 rings (SSSR count).